The summed E-state index contributed by atoms with van der Waals surface area (Å²) in [6, 6.07) is 21.0. The van der Waals surface area contributed by atoms with Gasteiger partial charge in [0.15, 0.2) is 0 Å². The Labute approximate surface area is 172 Å². The van der Waals surface area contributed by atoms with Crippen LogP contribution in [0.3, 0.4) is 0 Å². The van der Waals surface area contributed by atoms with E-state index in [1.165, 1.54) is 12.1 Å². The third kappa shape index (κ3) is 4.50. The van der Waals surface area contributed by atoms with Crippen molar-refractivity contribution in [3.63, 3.8) is 0 Å². The summed E-state index contributed by atoms with van der Waals surface area (Å²) in [4.78, 5) is 17.2. The first-order chi connectivity index (χ1) is 14.1. The highest BCUT2D eigenvalue weighted by Crippen LogP contribution is 2.20. The molecule has 1 amide bonds. The van der Waals surface area contributed by atoms with Crippen LogP contribution in [0.4, 0.5) is 5.69 Å². The number of fused-ring (bicyclic) bond motifs is 1. The van der Waals surface area contributed by atoms with Gasteiger partial charge in [0, 0.05) is 10.7 Å². The number of hydrogen-bond acceptors (Lipinski definition) is 4. The first-order valence-electron chi connectivity index (χ1n) is 9.00. The lowest BCUT2D eigenvalue weighted by atomic mass is 10.3. The van der Waals surface area contributed by atoms with E-state index in [0.717, 1.165) is 11.0 Å². The van der Waals surface area contributed by atoms with Crippen molar-refractivity contribution >= 4 is 34.2 Å². The zero-order valence-electron chi connectivity index (χ0n) is 15.4. The van der Waals surface area contributed by atoms with Crippen molar-refractivity contribution in [2.75, 3.05) is 5.32 Å². The highest BCUT2D eigenvalue weighted by molar-refractivity contribution is 6.30. The molecule has 7 heteroatoms. The molecule has 0 radical (unpaired) electrons. The summed E-state index contributed by atoms with van der Waals surface area (Å²) >= 11 is 5.91. The number of nitrogens with one attached hydrogen (secondary N) is 1. The second-order valence-electron chi connectivity index (χ2n) is 6.44. The van der Waals surface area contributed by atoms with Gasteiger partial charge in [-0.2, -0.15) is 0 Å². The van der Waals surface area contributed by atoms with Crippen LogP contribution in [0.2, 0.25) is 5.02 Å². The van der Waals surface area contributed by atoms with Crippen LogP contribution in [0.15, 0.2) is 72.8 Å². The third-order valence-electron chi connectivity index (χ3n) is 4.37. The normalized spacial score (nSPS) is 10.8. The maximum absolute atomic E-state index is 12.6. The molecular formula is C22H18ClN3O3. The Morgan fingerprint density at radius 3 is 2.52 bits per heavy atom. The minimum atomic E-state index is -0.202. The number of aromatic hydroxyl groups is 1. The summed E-state index contributed by atoms with van der Waals surface area (Å²) in [7, 11) is 0. The van der Waals surface area contributed by atoms with E-state index in [4.69, 9.17) is 16.3 Å². The number of amides is 1. The van der Waals surface area contributed by atoms with Gasteiger partial charge in [0.1, 0.15) is 30.5 Å². The van der Waals surface area contributed by atoms with Crippen LogP contribution in [0.5, 0.6) is 11.5 Å². The zero-order valence-corrected chi connectivity index (χ0v) is 16.1. The number of phenolic OH excluding ortho intramolecular Hbond substituents is 1. The number of para-hydroxylation sites is 2. The maximum atomic E-state index is 12.6. The molecule has 1 heterocycles. The highest BCUT2D eigenvalue weighted by atomic mass is 35.5. The number of carbonyl (C=O) groups excluding carboxylic acids is 1. The summed E-state index contributed by atoms with van der Waals surface area (Å²) in [6.45, 7) is 0.295. The number of halogens is 1. The number of aromatic nitrogens is 2. The standard InChI is InChI=1S/C22H18ClN3O3/c23-15-5-11-18(12-6-15)29-14-21-25-19-3-1-2-4-20(19)26(21)13-22(28)24-16-7-9-17(27)10-8-16/h1-12,27H,13-14H2,(H,24,28). The molecule has 0 aliphatic carbocycles. The van der Waals surface area contributed by atoms with Crippen LogP contribution in [0.1, 0.15) is 5.82 Å². The molecule has 0 spiro atoms. The van der Waals surface area contributed by atoms with E-state index >= 15 is 0 Å². The number of hydrogen-bond donors (Lipinski definition) is 2. The second kappa shape index (κ2) is 8.24. The first kappa shape index (κ1) is 18.8. The van der Waals surface area contributed by atoms with E-state index in [2.05, 4.69) is 10.3 Å². The molecule has 0 aliphatic rings. The minimum absolute atomic E-state index is 0.0840. The van der Waals surface area contributed by atoms with Gasteiger partial charge >= 0.3 is 0 Å². The molecule has 0 saturated carbocycles. The fourth-order valence-electron chi connectivity index (χ4n) is 2.98. The Hall–Kier alpha value is -3.51. The number of phenols is 1. The summed E-state index contributed by atoms with van der Waals surface area (Å²) in [6.07, 6.45) is 0. The van der Waals surface area contributed by atoms with Gasteiger partial charge in [-0.1, -0.05) is 23.7 Å². The lowest BCUT2D eigenvalue weighted by Crippen LogP contribution is -2.20. The first-order valence-corrected chi connectivity index (χ1v) is 9.38. The molecule has 6 nitrogen and oxygen atoms in total. The van der Waals surface area contributed by atoms with Crippen LogP contribution in [0, 0.1) is 0 Å². The maximum Gasteiger partial charge on any atom is 0.244 e. The predicted molar refractivity (Wildman–Crippen MR) is 112 cm³/mol. The van der Waals surface area contributed by atoms with Crippen molar-refractivity contribution < 1.29 is 14.6 Å². The molecule has 0 bridgehead atoms. The summed E-state index contributed by atoms with van der Waals surface area (Å²) in [5.74, 6) is 1.25. The smallest absolute Gasteiger partial charge is 0.244 e. The van der Waals surface area contributed by atoms with Crippen LogP contribution in [-0.2, 0) is 17.9 Å². The average Bonchev–Trinajstić information content (AvgIpc) is 3.07. The van der Waals surface area contributed by atoms with Gasteiger partial charge in [-0.25, -0.2) is 4.98 Å². The van der Waals surface area contributed by atoms with Crippen molar-refractivity contribution in [2.24, 2.45) is 0 Å². The van der Waals surface area contributed by atoms with Gasteiger partial charge < -0.3 is 19.7 Å². The fourth-order valence-corrected chi connectivity index (χ4v) is 3.11. The molecule has 2 N–H and O–H groups in total. The second-order valence-corrected chi connectivity index (χ2v) is 6.88. The van der Waals surface area contributed by atoms with Crippen LogP contribution in [0.25, 0.3) is 11.0 Å². The molecule has 0 aliphatic heterocycles. The molecule has 4 rings (SSSR count). The molecule has 0 fully saturated rings. The Morgan fingerprint density at radius 1 is 1.03 bits per heavy atom. The number of benzene rings is 3. The highest BCUT2D eigenvalue weighted by Gasteiger charge is 2.14. The Kier molecular flexibility index (Phi) is 5.35. The Bertz CT molecular complexity index is 1140. The monoisotopic (exact) mass is 407 g/mol. The fraction of sp³-hybridized carbons (Fsp3) is 0.0909. The number of rotatable bonds is 6. The molecular weight excluding hydrogens is 390 g/mol. The zero-order chi connectivity index (χ0) is 20.2. The Morgan fingerprint density at radius 2 is 1.76 bits per heavy atom. The van der Waals surface area contributed by atoms with Gasteiger partial charge in [0.25, 0.3) is 0 Å². The predicted octanol–water partition coefficient (Wildman–Crippen LogP) is 4.61. The van der Waals surface area contributed by atoms with Crippen molar-refractivity contribution in [3.05, 3.63) is 83.6 Å². The van der Waals surface area contributed by atoms with Gasteiger partial charge in [-0.05, 0) is 60.7 Å². The SMILES string of the molecule is O=C(Cn1c(COc2ccc(Cl)cc2)nc2ccccc21)Nc1ccc(O)cc1. The number of ether oxygens (including phenoxy) is 1. The minimum Gasteiger partial charge on any atom is -0.508 e. The van der Waals surface area contributed by atoms with E-state index in [0.29, 0.717) is 22.3 Å². The largest absolute Gasteiger partial charge is 0.508 e. The number of anilines is 1. The van der Waals surface area contributed by atoms with Crippen molar-refractivity contribution in [1.29, 1.82) is 0 Å². The molecule has 4 aromatic rings. The van der Waals surface area contributed by atoms with Crippen LogP contribution in [-0.4, -0.2) is 20.6 Å². The Balaban J connectivity index is 1.55. The van der Waals surface area contributed by atoms with E-state index in [9.17, 15) is 9.90 Å². The molecule has 3 aromatic carbocycles. The lowest BCUT2D eigenvalue weighted by molar-refractivity contribution is -0.116. The summed E-state index contributed by atoms with van der Waals surface area (Å²) in [5.41, 5.74) is 2.25. The van der Waals surface area contributed by atoms with Crippen molar-refractivity contribution in [2.45, 2.75) is 13.2 Å². The quantitative estimate of drug-likeness (QED) is 0.457. The van der Waals surface area contributed by atoms with E-state index in [1.807, 2.05) is 28.8 Å². The van der Waals surface area contributed by atoms with E-state index in [-0.39, 0.29) is 24.8 Å². The molecule has 1 aromatic heterocycles. The molecule has 29 heavy (non-hydrogen) atoms. The molecule has 146 valence electrons. The van der Waals surface area contributed by atoms with Crippen molar-refractivity contribution in [3.8, 4) is 11.5 Å². The van der Waals surface area contributed by atoms with Gasteiger partial charge in [-0.15, -0.1) is 0 Å². The molecule has 0 unspecified atom stereocenters. The average molecular weight is 408 g/mol. The number of nitrogens with zero attached hydrogens (tertiary/aromatic N) is 2. The molecule has 0 saturated heterocycles. The summed E-state index contributed by atoms with van der Waals surface area (Å²) in [5, 5.41) is 12.8. The van der Waals surface area contributed by atoms with Crippen LogP contribution >= 0.6 is 11.6 Å². The summed E-state index contributed by atoms with van der Waals surface area (Å²) < 4.78 is 7.66. The van der Waals surface area contributed by atoms with Gasteiger partial charge in [0.2, 0.25) is 5.91 Å². The van der Waals surface area contributed by atoms with E-state index < -0.39 is 0 Å². The lowest BCUT2D eigenvalue weighted by Gasteiger charge is -2.11. The van der Waals surface area contributed by atoms with Crippen molar-refractivity contribution in [1.82, 2.24) is 9.55 Å². The van der Waals surface area contributed by atoms with E-state index in [1.54, 1.807) is 36.4 Å². The number of imidazole rings is 1. The third-order valence-corrected chi connectivity index (χ3v) is 4.62. The number of carbonyl (C=O) groups is 1. The topological polar surface area (TPSA) is 76.4 Å². The van der Waals surface area contributed by atoms with Crippen LogP contribution < -0.4 is 10.1 Å². The van der Waals surface area contributed by atoms with Gasteiger partial charge in [-0.3, -0.25) is 4.79 Å². The van der Waals surface area contributed by atoms with Gasteiger partial charge in [0.05, 0.1) is 11.0 Å². The molecule has 0 atom stereocenters.